The van der Waals surface area contributed by atoms with E-state index in [1.54, 1.807) is 6.26 Å². The van der Waals surface area contributed by atoms with Crippen LogP contribution in [0.4, 0.5) is 0 Å². The van der Waals surface area contributed by atoms with Crippen LogP contribution in [0.25, 0.3) is 0 Å². The summed E-state index contributed by atoms with van der Waals surface area (Å²) in [7, 11) is 0. The van der Waals surface area contributed by atoms with Gasteiger partial charge in [-0.25, -0.2) is 5.01 Å². The molecule has 1 fully saturated rings. The molecule has 2 aliphatic rings. The number of hydrogen-bond donors (Lipinski definition) is 0. The van der Waals surface area contributed by atoms with Gasteiger partial charge in [0.25, 0.3) is 0 Å². The maximum Gasteiger partial charge on any atom is 0.173 e. The lowest BCUT2D eigenvalue weighted by molar-refractivity contribution is -0.00207. The molecule has 0 aromatic rings. The van der Waals surface area contributed by atoms with Gasteiger partial charge in [0.05, 0.1) is 6.20 Å². The average molecular weight is 140 g/mol. The van der Waals surface area contributed by atoms with Crippen molar-refractivity contribution in [2.75, 3.05) is 19.8 Å². The zero-order chi connectivity index (χ0) is 6.81. The zero-order valence-electron chi connectivity index (χ0n) is 5.99. The van der Waals surface area contributed by atoms with Crippen LogP contribution in [0.5, 0.6) is 0 Å². The second kappa shape index (κ2) is 2.50. The van der Waals surface area contributed by atoms with Crippen LogP contribution in [0.3, 0.4) is 0 Å². The van der Waals surface area contributed by atoms with Gasteiger partial charge in [-0.1, -0.05) is 0 Å². The first-order chi connectivity index (χ1) is 4.97. The van der Waals surface area contributed by atoms with Gasteiger partial charge in [0.2, 0.25) is 0 Å². The third-order valence-electron chi connectivity index (χ3n) is 1.98. The molecule has 10 heavy (non-hydrogen) atoms. The first-order valence-electron chi connectivity index (χ1n) is 3.76. The van der Waals surface area contributed by atoms with Crippen LogP contribution < -0.4 is 0 Å². The molecule has 0 radical (unpaired) electrons. The molecule has 0 bridgehead atoms. The number of hydrogen-bond acceptors (Lipinski definition) is 3. The Balaban J connectivity index is 1.91. The molecule has 0 spiro atoms. The maximum absolute atomic E-state index is 5.07. The second-order valence-electron chi connectivity index (χ2n) is 2.68. The van der Waals surface area contributed by atoms with Crippen molar-refractivity contribution in [1.82, 2.24) is 10.0 Å². The largest absolute Gasteiger partial charge is 0.478 e. The molecule has 2 aliphatic heterocycles. The highest BCUT2D eigenvalue weighted by Gasteiger charge is 2.18. The first kappa shape index (κ1) is 6.04. The molecule has 2 rings (SSSR count). The Labute approximate surface area is 60.8 Å². The van der Waals surface area contributed by atoms with Gasteiger partial charge in [0.1, 0.15) is 6.26 Å². The molecular weight excluding hydrogens is 128 g/mol. The summed E-state index contributed by atoms with van der Waals surface area (Å²) in [6.07, 6.45) is 6.39. The van der Waals surface area contributed by atoms with E-state index in [4.69, 9.17) is 4.74 Å². The topological polar surface area (TPSA) is 15.7 Å². The van der Waals surface area contributed by atoms with Crippen LogP contribution in [-0.2, 0) is 4.74 Å². The van der Waals surface area contributed by atoms with Crippen LogP contribution in [0.1, 0.15) is 12.8 Å². The number of ether oxygens (including phenoxy) is 1. The van der Waals surface area contributed by atoms with Gasteiger partial charge in [-0.3, -0.25) is 5.01 Å². The molecule has 3 nitrogen and oxygen atoms in total. The van der Waals surface area contributed by atoms with E-state index in [0.717, 1.165) is 0 Å². The summed E-state index contributed by atoms with van der Waals surface area (Å²) in [4.78, 5) is 0. The summed E-state index contributed by atoms with van der Waals surface area (Å²) in [6.45, 7) is 3.08. The monoisotopic (exact) mass is 140 g/mol. The molecule has 0 saturated carbocycles. The van der Waals surface area contributed by atoms with Crippen LogP contribution in [-0.4, -0.2) is 29.8 Å². The van der Waals surface area contributed by atoms with Crippen molar-refractivity contribution in [2.45, 2.75) is 12.8 Å². The standard InChI is InChI=1S/C7H12N2O/c1-2-4-8(3-1)9-5-6-10-7-9/h5-6H,1-4,7H2. The van der Waals surface area contributed by atoms with Gasteiger partial charge >= 0.3 is 0 Å². The number of nitrogens with zero attached hydrogens (tertiary/aromatic N) is 2. The van der Waals surface area contributed by atoms with E-state index >= 15 is 0 Å². The Morgan fingerprint density at radius 1 is 1.20 bits per heavy atom. The minimum absolute atomic E-state index is 0.708. The molecule has 0 aromatic heterocycles. The van der Waals surface area contributed by atoms with E-state index < -0.39 is 0 Å². The van der Waals surface area contributed by atoms with E-state index in [9.17, 15) is 0 Å². The first-order valence-corrected chi connectivity index (χ1v) is 3.76. The summed E-state index contributed by atoms with van der Waals surface area (Å²) >= 11 is 0. The number of hydrazine groups is 1. The lowest BCUT2D eigenvalue weighted by atomic mass is 10.4. The normalized spacial score (nSPS) is 25.8. The van der Waals surface area contributed by atoms with Crippen LogP contribution >= 0.6 is 0 Å². The van der Waals surface area contributed by atoms with Crippen LogP contribution in [0.2, 0.25) is 0 Å². The van der Waals surface area contributed by atoms with Gasteiger partial charge in [-0.05, 0) is 12.8 Å². The zero-order valence-corrected chi connectivity index (χ0v) is 5.99. The van der Waals surface area contributed by atoms with Crippen molar-refractivity contribution < 1.29 is 4.74 Å². The highest BCUT2D eigenvalue weighted by Crippen LogP contribution is 2.13. The van der Waals surface area contributed by atoms with Crippen molar-refractivity contribution in [3.05, 3.63) is 12.5 Å². The molecule has 56 valence electrons. The Morgan fingerprint density at radius 3 is 2.60 bits per heavy atom. The maximum atomic E-state index is 5.07. The molecule has 1 saturated heterocycles. The van der Waals surface area contributed by atoms with Crippen molar-refractivity contribution in [3.63, 3.8) is 0 Å². The van der Waals surface area contributed by atoms with Crippen LogP contribution in [0.15, 0.2) is 12.5 Å². The summed E-state index contributed by atoms with van der Waals surface area (Å²) in [5.74, 6) is 0. The molecule has 0 atom stereocenters. The van der Waals surface area contributed by atoms with E-state index in [1.165, 1.54) is 25.9 Å². The quantitative estimate of drug-likeness (QED) is 0.534. The minimum Gasteiger partial charge on any atom is -0.478 e. The van der Waals surface area contributed by atoms with Gasteiger partial charge in [-0.15, -0.1) is 0 Å². The van der Waals surface area contributed by atoms with Gasteiger partial charge in [0.15, 0.2) is 6.73 Å². The van der Waals surface area contributed by atoms with Gasteiger partial charge < -0.3 is 4.74 Å². The SMILES string of the molecule is C1=CN(N2CCCC2)CO1. The molecule has 0 unspecified atom stereocenters. The highest BCUT2D eigenvalue weighted by atomic mass is 16.5. The Bertz CT molecular complexity index is 141. The predicted octanol–water partition coefficient (Wildman–Crippen LogP) is 0.758. The fourth-order valence-electron chi connectivity index (χ4n) is 1.41. The summed E-state index contributed by atoms with van der Waals surface area (Å²) in [5.41, 5.74) is 0. The molecule has 0 aromatic carbocycles. The van der Waals surface area contributed by atoms with Gasteiger partial charge in [0, 0.05) is 13.1 Å². The average Bonchev–Trinajstić information content (AvgIpc) is 2.59. The Kier molecular flexibility index (Phi) is 1.51. The Morgan fingerprint density at radius 2 is 2.00 bits per heavy atom. The predicted molar refractivity (Wildman–Crippen MR) is 37.7 cm³/mol. The van der Waals surface area contributed by atoms with Crippen LogP contribution in [0, 0.1) is 0 Å². The second-order valence-corrected chi connectivity index (χ2v) is 2.68. The van der Waals surface area contributed by atoms with Crippen molar-refractivity contribution in [1.29, 1.82) is 0 Å². The smallest absolute Gasteiger partial charge is 0.173 e. The molecule has 0 amide bonds. The molecule has 3 heteroatoms. The third kappa shape index (κ3) is 0.968. The summed E-state index contributed by atoms with van der Waals surface area (Å²) in [6, 6.07) is 0. The lowest BCUT2D eigenvalue weighted by Crippen LogP contribution is -2.35. The van der Waals surface area contributed by atoms with Crippen molar-refractivity contribution >= 4 is 0 Å². The van der Waals surface area contributed by atoms with Crippen molar-refractivity contribution in [2.24, 2.45) is 0 Å². The third-order valence-corrected chi connectivity index (χ3v) is 1.98. The molecule has 0 N–H and O–H groups in total. The summed E-state index contributed by atoms with van der Waals surface area (Å²) in [5, 5.41) is 4.45. The lowest BCUT2D eigenvalue weighted by Gasteiger charge is -2.24. The minimum atomic E-state index is 0.708. The van der Waals surface area contributed by atoms with Crippen molar-refractivity contribution in [3.8, 4) is 0 Å². The molecule has 0 aliphatic carbocycles. The summed E-state index contributed by atoms with van der Waals surface area (Å²) < 4.78 is 5.07. The molecule has 2 heterocycles. The van der Waals surface area contributed by atoms with Gasteiger partial charge in [-0.2, -0.15) is 0 Å². The fourth-order valence-corrected chi connectivity index (χ4v) is 1.41. The highest BCUT2D eigenvalue weighted by molar-refractivity contribution is 4.80. The van der Waals surface area contributed by atoms with E-state index in [0.29, 0.717) is 6.73 Å². The van der Waals surface area contributed by atoms with E-state index in [1.807, 2.05) is 6.20 Å². The Hall–Kier alpha value is -0.700. The van der Waals surface area contributed by atoms with E-state index in [2.05, 4.69) is 10.0 Å². The van der Waals surface area contributed by atoms with E-state index in [-0.39, 0.29) is 0 Å². The number of rotatable bonds is 1. The fraction of sp³-hybridized carbons (Fsp3) is 0.714. The molecular formula is C7H12N2O.